The number of furan rings is 1. The number of nitrogens with zero attached hydrogens (tertiary/aromatic N) is 1. The number of rotatable bonds is 2. The molecule has 0 N–H and O–H groups in total. The summed E-state index contributed by atoms with van der Waals surface area (Å²) < 4.78 is 17.0. The first-order valence-corrected chi connectivity index (χ1v) is 8.14. The average Bonchev–Trinajstić information content (AvgIpc) is 3.15. The van der Waals surface area contributed by atoms with Gasteiger partial charge < -0.3 is 13.6 Å². The second-order valence-electron chi connectivity index (χ2n) is 6.19. The Morgan fingerprint density at radius 2 is 1.84 bits per heavy atom. The summed E-state index contributed by atoms with van der Waals surface area (Å²) in [5.41, 5.74) is 1.18. The lowest BCUT2D eigenvalue weighted by molar-refractivity contribution is 0.0826. The van der Waals surface area contributed by atoms with Crippen LogP contribution in [-0.4, -0.2) is 11.6 Å². The molecule has 124 valence electrons. The molecule has 2 aromatic carbocycles. The van der Waals surface area contributed by atoms with Crippen molar-refractivity contribution in [3.8, 4) is 5.75 Å². The van der Waals surface area contributed by atoms with E-state index in [9.17, 15) is 4.79 Å². The highest BCUT2D eigenvalue weighted by Crippen LogP contribution is 2.34. The summed E-state index contributed by atoms with van der Waals surface area (Å²) in [5, 5.41) is 2.43. The van der Waals surface area contributed by atoms with Crippen LogP contribution in [0.2, 0.25) is 0 Å². The monoisotopic (exact) mass is 333 g/mol. The van der Waals surface area contributed by atoms with Crippen molar-refractivity contribution in [1.82, 2.24) is 4.90 Å². The summed E-state index contributed by atoms with van der Waals surface area (Å²) in [5.74, 6) is 1.64. The van der Waals surface area contributed by atoms with Crippen molar-refractivity contribution in [3.63, 3.8) is 0 Å². The first-order chi connectivity index (χ1) is 12.3. The molecule has 0 atom stereocenters. The molecule has 4 aromatic rings. The Morgan fingerprint density at radius 1 is 0.960 bits per heavy atom. The van der Waals surface area contributed by atoms with Crippen molar-refractivity contribution >= 4 is 21.7 Å². The fourth-order valence-corrected chi connectivity index (χ4v) is 3.42. The van der Waals surface area contributed by atoms with Crippen molar-refractivity contribution in [2.24, 2.45) is 0 Å². The van der Waals surface area contributed by atoms with Gasteiger partial charge in [0.25, 0.3) is 0 Å². The van der Waals surface area contributed by atoms with Crippen LogP contribution in [-0.2, 0) is 13.1 Å². The Balaban J connectivity index is 1.65. The third-order valence-electron chi connectivity index (χ3n) is 4.59. The minimum absolute atomic E-state index is 0.320. The van der Waals surface area contributed by atoms with E-state index in [1.54, 1.807) is 12.3 Å². The minimum Gasteiger partial charge on any atom is -0.478 e. The van der Waals surface area contributed by atoms with E-state index in [2.05, 4.69) is 4.90 Å². The zero-order valence-electron chi connectivity index (χ0n) is 13.4. The topological polar surface area (TPSA) is 55.8 Å². The Hall–Kier alpha value is -3.05. The van der Waals surface area contributed by atoms with E-state index in [1.807, 2.05) is 42.5 Å². The number of ether oxygens (including phenoxy) is 1. The zero-order chi connectivity index (χ0) is 16.8. The molecule has 0 amide bonds. The van der Waals surface area contributed by atoms with Crippen LogP contribution < -0.4 is 10.4 Å². The largest absolute Gasteiger partial charge is 0.478 e. The summed E-state index contributed by atoms with van der Waals surface area (Å²) in [7, 11) is 0. The summed E-state index contributed by atoms with van der Waals surface area (Å²) in [4.78, 5) is 14.5. The van der Waals surface area contributed by atoms with Crippen molar-refractivity contribution < 1.29 is 13.6 Å². The first kappa shape index (κ1) is 14.3. The van der Waals surface area contributed by atoms with E-state index in [-0.39, 0.29) is 5.63 Å². The van der Waals surface area contributed by atoms with E-state index in [0.29, 0.717) is 30.8 Å². The highest BCUT2D eigenvalue weighted by atomic mass is 16.5. The van der Waals surface area contributed by atoms with Gasteiger partial charge in [0, 0.05) is 11.9 Å². The predicted molar refractivity (Wildman–Crippen MR) is 93.4 cm³/mol. The molecule has 0 unspecified atom stereocenters. The predicted octanol–water partition coefficient (Wildman–Crippen LogP) is 3.89. The van der Waals surface area contributed by atoms with Crippen molar-refractivity contribution in [3.05, 3.63) is 76.5 Å². The van der Waals surface area contributed by atoms with Gasteiger partial charge in [0.2, 0.25) is 0 Å². The lowest BCUT2D eigenvalue weighted by Gasteiger charge is -2.28. The molecular weight excluding hydrogens is 318 g/mol. The van der Waals surface area contributed by atoms with Crippen LogP contribution in [0.1, 0.15) is 11.3 Å². The Labute approximate surface area is 143 Å². The maximum atomic E-state index is 12.4. The number of hydrogen-bond donors (Lipinski definition) is 0. The van der Waals surface area contributed by atoms with Gasteiger partial charge in [-0.2, -0.15) is 0 Å². The average molecular weight is 333 g/mol. The molecule has 1 aliphatic heterocycles. The van der Waals surface area contributed by atoms with E-state index >= 15 is 0 Å². The van der Waals surface area contributed by atoms with E-state index in [1.165, 1.54) is 0 Å². The number of hydrogen-bond acceptors (Lipinski definition) is 5. The second-order valence-corrected chi connectivity index (χ2v) is 6.19. The van der Waals surface area contributed by atoms with Gasteiger partial charge in [-0.05, 0) is 35.7 Å². The Morgan fingerprint density at radius 3 is 2.68 bits per heavy atom. The summed E-state index contributed by atoms with van der Waals surface area (Å²) in [6.07, 6.45) is 1.66. The molecule has 5 rings (SSSR count). The summed E-state index contributed by atoms with van der Waals surface area (Å²) >= 11 is 0. The Bertz CT molecular complexity index is 1130. The molecule has 0 fully saturated rings. The molecule has 0 aliphatic carbocycles. The maximum absolute atomic E-state index is 12.4. The molecule has 0 radical (unpaired) electrons. The van der Waals surface area contributed by atoms with Crippen molar-refractivity contribution in [2.75, 3.05) is 6.73 Å². The quantitative estimate of drug-likeness (QED) is 0.411. The van der Waals surface area contributed by atoms with Crippen molar-refractivity contribution in [1.29, 1.82) is 0 Å². The van der Waals surface area contributed by atoms with Gasteiger partial charge in [0.15, 0.2) is 0 Å². The molecule has 1 aliphatic rings. The van der Waals surface area contributed by atoms with Gasteiger partial charge in [0.05, 0.1) is 23.8 Å². The molecule has 3 heterocycles. The Kier molecular flexibility index (Phi) is 3.15. The van der Waals surface area contributed by atoms with Crippen LogP contribution in [0.25, 0.3) is 21.7 Å². The lowest BCUT2D eigenvalue weighted by atomic mass is 10.0. The highest BCUT2D eigenvalue weighted by Gasteiger charge is 2.23. The van der Waals surface area contributed by atoms with Gasteiger partial charge in [-0.3, -0.25) is 4.90 Å². The SMILES string of the molecule is O=c1oc2c3c(ccc2c2ccccc12)OCN(Cc1ccco1)C3. The number of fused-ring (bicyclic) bond motifs is 5. The lowest BCUT2D eigenvalue weighted by Crippen LogP contribution is -2.31. The highest BCUT2D eigenvalue weighted by molar-refractivity contribution is 6.05. The maximum Gasteiger partial charge on any atom is 0.344 e. The van der Waals surface area contributed by atoms with Crippen LogP contribution in [0.4, 0.5) is 0 Å². The van der Waals surface area contributed by atoms with Gasteiger partial charge in [0.1, 0.15) is 23.8 Å². The minimum atomic E-state index is -0.320. The molecule has 25 heavy (non-hydrogen) atoms. The third-order valence-corrected chi connectivity index (χ3v) is 4.59. The second kappa shape index (κ2) is 5.50. The van der Waals surface area contributed by atoms with Crippen LogP contribution in [0, 0.1) is 0 Å². The fourth-order valence-electron chi connectivity index (χ4n) is 3.42. The summed E-state index contributed by atoms with van der Waals surface area (Å²) in [6, 6.07) is 15.2. The molecular formula is C20H15NO4. The van der Waals surface area contributed by atoms with Gasteiger partial charge in [-0.25, -0.2) is 4.79 Å². The molecule has 2 aromatic heterocycles. The smallest absolute Gasteiger partial charge is 0.344 e. The molecule has 0 saturated carbocycles. The third kappa shape index (κ3) is 2.32. The first-order valence-electron chi connectivity index (χ1n) is 8.14. The standard InChI is InChI=1S/C20H15NO4/c22-20-16-6-2-1-5-14(16)15-7-8-18-17(19(15)25-20)11-21(12-24-18)10-13-4-3-9-23-13/h1-9H,10-12H2. The van der Waals surface area contributed by atoms with E-state index < -0.39 is 0 Å². The molecule has 0 bridgehead atoms. The molecule has 0 spiro atoms. The van der Waals surface area contributed by atoms with Crippen LogP contribution in [0.5, 0.6) is 5.75 Å². The van der Waals surface area contributed by atoms with Crippen LogP contribution in [0.3, 0.4) is 0 Å². The summed E-state index contributed by atoms with van der Waals surface area (Å²) in [6.45, 7) is 1.74. The van der Waals surface area contributed by atoms with E-state index in [0.717, 1.165) is 27.8 Å². The van der Waals surface area contributed by atoms with Crippen LogP contribution >= 0.6 is 0 Å². The zero-order valence-corrected chi connectivity index (χ0v) is 13.4. The van der Waals surface area contributed by atoms with Gasteiger partial charge in [-0.1, -0.05) is 18.2 Å². The van der Waals surface area contributed by atoms with E-state index in [4.69, 9.17) is 13.6 Å². The molecule has 5 nitrogen and oxygen atoms in total. The fraction of sp³-hybridized carbons (Fsp3) is 0.150. The van der Waals surface area contributed by atoms with Gasteiger partial charge in [-0.15, -0.1) is 0 Å². The number of benzene rings is 2. The van der Waals surface area contributed by atoms with Gasteiger partial charge >= 0.3 is 5.63 Å². The molecule has 5 heteroatoms. The van der Waals surface area contributed by atoms with Crippen molar-refractivity contribution in [2.45, 2.75) is 13.1 Å². The molecule has 0 saturated heterocycles. The normalized spacial score (nSPS) is 14.6. The van der Waals surface area contributed by atoms with Crippen LogP contribution in [0.15, 0.2) is 68.4 Å².